The van der Waals surface area contributed by atoms with E-state index in [1.807, 2.05) is 30.0 Å². The summed E-state index contributed by atoms with van der Waals surface area (Å²) in [6.45, 7) is 5.54. The summed E-state index contributed by atoms with van der Waals surface area (Å²) in [6, 6.07) is 5.35. The third kappa shape index (κ3) is 3.21. The molecule has 0 aromatic heterocycles. The molecule has 2 aliphatic heterocycles. The molecule has 1 aromatic carbocycles. The Bertz CT molecular complexity index is 514. The van der Waals surface area contributed by atoms with Gasteiger partial charge in [0.1, 0.15) is 19.3 Å². The Morgan fingerprint density at radius 2 is 1.86 bits per heavy atom. The lowest BCUT2D eigenvalue weighted by Gasteiger charge is -2.30. The van der Waals surface area contributed by atoms with Gasteiger partial charge in [-0.1, -0.05) is 0 Å². The summed E-state index contributed by atoms with van der Waals surface area (Å²) >= 11 is 0. The first-order valence-corrected chi connectivity index (χ1v) is 7.27. The molecular weight excluding hydrogens is 272 g/mol. The van der Waals surface area contributed by atoms with Gasteiger partial charge in [0.05, 0.1) is 13.2 Å². The molecule has 1 fully saturated rings. The summed E-state index contributed by atoms with van der Waals surface area (Å²) in [7, 11) is 0. The molecule has 0 aliphatic carbocycles. The van der Waals surface area contributed by atoms with Crippen LogP contribution in [0.2, 0.25) is 0 Å². The summed E-state index contributed by atoms with van der Waals surface area (Å²) in [6.07, 6.45) is 0. The number of nitrogens with one attached hydrogen (secondary N) is 1. The number of amides is 1. The summed E-state index contributed by atoms with van der Waals surface area (Å²) in [4.78, 5) is 14.2. The van der Waals surface area contributed by atoms with Gasteiger partial charge in [0.2, 0.25) is 5.91 Å². The molecule has 114 valence electrons. The van der Waals surface area contributed by atoms with Crippen molar-refractivity contribution in [2.75, 3.05) is 44.8 Å². The molecule has 1 N–H and O–H groups in total. The first kappa shape index (κ1) is 14.0. The molecule has 0 radical (unpaired) electrons. The van der Waals surface area contributed by atoms with E-state index >= 15 is 0 Å². The van der Waals surface area contributed by atoms with Crippen LogP contribution in [-0.2, 0) is 9.53 Å². The molecule has 3 rings (SSSR count). The predicted octanol–water partition coefficient (Wildman–Crippen LogP) is 1.12. The van der Waals surface area contributed by atoms with Crippen molar-refractivity contribution in [2.24, 2.45) is 0 Å². The van der Waals surface area contributed by atoms with Crippen LogP contribution in [0.15, 0.2) is 18.2 Å². The number of carbonyl (C=O) groups excluding carboxylic acids is 1. The number of benzene rings is 1. The number of hydrogen-bond acceptors (Lipinski definition) is 5. The second-order valence-electron chi connectivity index (χ2n) is 5.16. The van der Waals surface area contributed by atoms with Gasteiger partial charge in [0.25, 0.3) is 0 Å². The van der Waals surface area contributed by atoms with Crippen molar-refractivity contribution in [3.63, 3.8) is 0 Å². The zero-order valence-electron chi connectivity index (χ0n) is 12.1. The van der Waals surface area contributed by atoms with Crippen molar-refractivity contribution in [1.29, 1.82) is 0 Å². The zero-order chi connectivity index (χ0) is 14.7. The monoisotopic (exact) mass is 292 g/mol. The zero-order valence-corrected chi connectivity index (χ0v) is 12.1. The van der Waals surface area contributed by atoms with E-state index in [0.29, 0.717) is 39.5 Å². The number of rotatable bonds is 3. The Morgan fingerprint density at radius 3 is 2.62 bits per heavy atom. The van der Waals surface area contributed by atoms with Gasteiger partial charge in [0.15, 0.2) is 11.5 Å². The minimum atomic E-state index is -0.286. The molecule has 0 bridgehead atoms. The van der Waals surface area contributed by atoms with Gasteiger partial charge >= 0.3 is 0 Å². The average molecular weight is 292 g/mol. The van der Waals surface area contributed by atoms with E-state index in [2.05, 4.69) is 5.32 Å². The van der Waals surface area contributed by atoms with E-state index in [-0.39, 0.29) is 11.9 Å². The van der Waals surface area contributed by atoms with Gasteiger partial charge in [-0.25, -0.2) is 0 Å². The molecule has 1 amide bonds. The Balaban J connectivity index is 1.63. The standard InChI is InChI=1S/C15H20N2O4/c1-11(15(18)17-4-6-19-7-5-17)16-12-2-3-13-14(10-12)21-9-8-20-13/h2-3,10-11,16H,4-9H2,1H3/t11-/m0/s1. The molecule has 1 saturated heterocycles. The fraction of sp³-hybridized carbons (Fsp3) is 0.533. The van der Waals surface area contributed by atoms with Crippen LogP contribution in [0.3, 0.4) is 0 Å². The number of carbonyl (C=O) groups is 1. The maximum Gasteiger partial charge on any atom is 0.244 e. The van der Waals surface area contributed by atoms with Gasteiger partial charge in [-0.15, -0.1) is 0 Å². The van der Waals surface area contributed by atoms with Crippen LogP contribution in [0.5, 0.6) is 11.5 Å². The fourth-order valence-electron chi connectivity index (χ4n) is 2.50. The van der Waals surface area contributed by atoms with Gasteiger partial charge in [0, 0.05) is 24.8 Å². The molecule has 6 nitrogen and oxygen atoms in total. The highest BCUT2D eigenvalue weighted by atomic mass is 16.6. The fourth-order valence-corrected chi connectivity index (χ4v) is 2.50. The molecule has 1 aromatic rings. The highest BCUT2D eigenvalue weighted by molar-refractivity contribution is 5.84. The van der Waals surface area contributed by atoms with Crippen LogP contribution in [-0.4, -0.2) is 56.4 Å². The highest BCUT2D eigenvalue weighted by Gasteiger charge is 2.22. The second kappa shape index (κ2) is 6.22. The first-order valence-electron chi connectivity index (χ1n) is 7.27. The van der Waals surface area contributed by atoms with Crippen LogP contribution in [0.4, 0.5) is 5.69 Å². The van der Waals surface area contributed by atoms with E-state index in [1.54, 1.807) is 0 Å². The lowest BCUT2D eigenvalue weighted by Crippen LogP contribution is -2.47. The largest absolute Gasteiger partial charge is 0.486 e. The predicted molar refractivity (Wildman–Crippen MR) is 77.9 cm³/mol. The van der Waals surface area contributed by atoms with Crippen molar-refractivity contribution in [1.82, 2.24) is 4.90 Å². The number of ether oxygens (including phenoxy) is 3. The van der Waals surface area contributed by atoms with Crippen LogP contribution in [0, 0.1) is 0 Å². The summed E-state index contributed by atoms with van der Waals surface area (Å²) in [5.74, 6) is 1.56. The number of anilines is 1. The Hall–Kier alpha value is -1.95. The third-order valence-electron chi connectivity index (χ3n) is 3.62. The van der Waals surface area contributed by atoms with Gasteiger partial charge < -0.3 is 24.4 Å². The molecule has 0 saturated carbocycles. The molecular formula is C15H20N2O4. The highest BCUT2D eigenvalue weighted by Crippen LogP contribution is 2.32. The minimum absolute atomic E-state index is 0.0909. The smallest absolute Gasteiger partial charge is 0.244 e. The molecule has 1 atom stereocenters. The van der Waals surface area contributed by atoms with Gasteiger partial charge in [-0.2, -0.15) is 0 Å². The lowest BCUT2D eigenvalue weighted by molar-refractivity contribution is -0.135. The number of fused-ring (bicyclic) bond motifs is 1. The molecule has 6 heteroatoms. The quantitative estimate of drug-likeness (QED) is 0.904. The summed E-state index contributed by atoms with van der Waals surface area (Å²) in [5.41, 5.74) is 0.855. The van der Waals surface area contributed by atoms with Crippen molar-refractivity contribution >= 4 is 11.6 Å². The number of hydrogen-bond donors (Lipinski definition) is 1. The van der Waals surface area contributed by atoms with E-state index in [4.69, 9.17) is 14.2 Å². The molecule has 0 unspecified atom stereocenters. The third-order valence-corrected chi connectivity index (χ3v) is 3.62. The Morgan fingerprint density at radius 1 is 1.14 bits per heavy atom. The maximum absolute atomic E-state index is 12.3. The molecule has 2 aliphatic rings. The van der Waals surface area contributed by atoms with Crippen molar-refractivity contribution in [2.45, 2.75) is 13.0 Å². The molecule has 0 spiro atoms. The molecule has 2 heterocycles. The Kier molecular flexibility index (Phi) is 4.15. The van der Waals surface area contributed by atoms with Crippen LogP contribution in [0.25, 0.3) is 0 Å². The topological polar surface area (TPSA) is 60.0 Å². The first-order chi connectivity index (χ1) is 10.2. The van der Waals surface area contributed by atoms with Crippen molar-refractivity contribution in [3.05, 3.63) is 18.2 Å². The van der Waals surface area contributed by atoms with Crippen molar-refractivity contribution < 1.29 is 19.0 Å². The number of morpholine rings is 1. The average Bonchev–Trinajstić information content (AvgIpc) is 2.55. The number of nitrogens with zero attached hydrogens (tertiary/aromatic N) is 1. The molecule has 21 heavy (non-hydrogen) atoms. The van der Waals surface area contributed by atoms with E-state index in [0.717, 1.165) is 17.2 Å². The van der Waals surface area contributed by atoms with Crippen LogP contribution >= 0.6 is 0 Å². The van der Waals surface area contributed by atoms with E-state index < -0.39 is 0 Å². The summed E-state index contributed by atoms with van der Waals surface area (Å²) < 4.78 is 16.3. The summed E-state index contributed by atoms with van der Waals surface area (Å²) in [5, 5.41) is 3.22. The minimum Gasteiger partial charge on any atom is -0.486 e. The van der Waals surface area contributed by atoms with E-state index in [1.165, 1.54) is 0 Å². The van der Waals surface area contributed by atoms with Crippen LogP contribution in [0.1, 0.15) is 6.92 Å². The lowest BCUT2D eigenvalue weighted by atomic mass is 10.2. The van der Waals surface area contributed by atoms with Crippen molar-refractivity contribution in [3.8, 4) is 11.5 Å². The Labute approximate surface area is 124 Å². The SMILES string of the molecule is C[C@H](Nc1ccc2c(c1)OCCO2)C(=O)N1CCOCC1. The second-order valence-corrected chi connectivity index (χ2v) is 5.16. The normalized spacial score (nSPS) is 19.0. The van der Waals surface area contributed by atoms with Gasteiger partial charge in [-0.3, -0.25) is 4.79 Å². The van der Waals surface area contributed by atoms with Crippen LogP contribution < -0.4 is 14.8 Å². The van der Waals surface area contributed by atoms with E-state index in [9.17, 15) is 4.79 Å². The van der Waals surface area contributed by atoms with Gasteiger partial charge in [-0.05, 0) is 19.1 Å². The maximum atomic E-state index is 12.3.